The van der Waals surface area contributed by atoms with Gasteiger partial charge in [0.05, 0.1) is 45.0 Å². The Morgan fingerprint density at radius 2 is 1.64 bits per heavy atom. The number of nitrogens with zero attached hydrogens (tertiary/aromatic N) is 3. The Balaban J connectivity index is 1.76. The van der Waals surface area contributed by atoms with Crippen molar-refractivity contribution in [2.24, 2.45) is 0 Å². The van der Waals surface area contributed by atoms with Crippen molar-refractivity contribution in [3.63, 3.8) is 0 Å². The van der Waals surface area contributed by atoms with E-state index < -0.39 is 41.1 Å². The Hall–Kier alpha value is -4.74. The standard InChI is InChI=1S/C29H22Cl2N4O7/c1-29(2)27(39)35(28(40)42-29)22(24(36)33-21-13-17(26(38)41-3)18(30)14-19(21)31)23-32-20-12-8-7-11-16(20)25(37)34(23)15-9-5-4-6-10-15/h4-14,22H,1-3H3,(H,33,36). The van der Waals surface area contributed by atoms with Gasteiger partial charge in [0.2, 0.25) is 0 Å². The van der Waals surface area contributed by atoms with Crippen LogP contribution in [-0.2, 0) is 19.1 Å². The van der Waals surface area contributed by atoms with E-state index in [-0.39, 0.29) is 38.0 Å². The fraction of sp³-hybridized carbons (Fsp3) is 0.172. The van der Waals surface area contributed by atoms with Crippen molar-refractivity contribution in [1.82, 2.24) is 14.5 Å². The van der Waals surface area contributed by atoms with Gasteiger partial charge in [-0.1, -0.05) is 53.5 Å². The van der Waals surface area contributed by atoms with Crippen molar-refractivity contribution in [3.8, 4) is 5.69 Å². The van der Waals surface area contributed by atoms with Crippen LogP contribution in [0.4, 0.5) is 10.5 Å². The van der Waals surface area contributed by atoms with Gasteiger partial charge in [-0.05, 0) is 50.2 Å². The molecule has 1 unspecified atom stereocenters. The predicted molar refractivity (Wildman–Crippen MR) is 154 cm³/mol. The number of cyclic esters (lactones) is 1. The highest BCUT2D eigenvalue weighted by Gasteiger charge is 2.53. The van der Waals surface area contributed by atoms with Crippen LogP contribution in [0.5, 0.6) is 0 Å². The van der Waals surface area contributed by atoms with Crippen LogP contribution < -0.4 is 10.9 Å². The van der Waals surface area contributed by atoms with Crippen LogP contribution >= 0.6 is 23.2 Å². The number of esters is 1. The highest BCUT2D eigenvalue weighted by atomic mass is 35.5. The van der Waals surface area contributed by atoms with Crippen LogP contribution in [0.3, 0.4) is 0 Å². The zero-order chi connectivity index (χ0) is 30.3. The first-order valence-electron chi connectivity index (χ1n) is 12.5. The van der Waals surface area contributed by atoms with Crippen LogP contribution in [0.1, 0.15) is 36.1 Å². The zero-order valence-electron chi connectivity index (χ0n) is 22.4. The number of amides is 3. The molecular weight excluding hydrogens is 587 g/mol. The molecule has 1 fully saturated rings. The van der Waals surface area contributed by atoms with Crippen LogP contribution in [0.15, 0.2) is 71.5 Å². The highest BCUT2D eigenvalue weighted by Crippen LogP contribution is 2.35. The van der Waals surface area contributed by atoms with Gasteiger partial charge < -0.3 is 14.8 Å². The summed E-state index contributed by atoms with van der Waals surface area (Å²) in [6.07, 6.45) is -1.12. The minimum absolute atomic E-state index is 0.0319. The number of rotatable bonds is 6. The molecule has 42 heavy (non-hydrogen) atoms. The molecule has 1 aliphatic rings. The number of imide groups is 1. The summed E-state index contributed by atoms with van der Waals surface area (Å²) >= 11 is 12.5. The van der Waals surface area contributed by atoms with Crippen molar-refractivity contribution in [2.45, 2.75) is 25.5 Å². The first kappa shape index (κ1) is 28.8. The number of para-hydroxylation sites is 2. The third-order valence-corrected chi connectivity index (χ3v) is 7.19. The molecule has 1 atom stereocenters. The number of nitrogens with one attached hydrogen (secondary N) is 1. The van der Waals surface area contributed by atoms with Gasteiger partial charge >= 0.3 is 12.1 Å². The van der Waals surface area contributed by atoms with Crippen molar-refractivity contribution >= 4 is 63.7 Å². The molecule has 11 nitrogen and oxygen atoms in total. The summed E-state index contributed by atoms with van der Waals surface area (Å²) in [5.41, 5.74) is -1.79. The third kappa shape index (κ3) is 4.97. The van der Waals surface area contributed by atoms with Crippen LogP contribution in [0, 0.1) is 0 Å². The Kier molecular flexibility index (Phi) is 7.48. The number of aromatic nitrogens is 2. The molecule has 0 bridgehead atoms. The lowest BCUT2D eigenvalue weighted by atomic mass is 10.1. The minimum atomic E-state index is -1.82. The van der Waals surface area contributed by atoms with E-state index in [9.17, 15) is 24.0 Å². The van der Waals surface area contributed by atoms with Crippen LogP contribution in [-0.4, -0.2) is 51.0 Å². The lowest BCUT2D eigenvalue weighted by Crippen LogP contribution is -2.45. The lowest BCUT2D eigenvalue weighted by Gasteiger charge is -2.26. The van der Waals surface area contributed by atoms with Crippen LogP contribution in [0.25, 0.3) is 16.6 Å². The van der Waals surface area contributed by atoms with Gasteiger partial charge in [-0.25, -0.2) is 19.5 Å². The number of carbonyl (C=O) groups excluding carboxylic acids is 4. The molecule has 1 aliphatic heterocycles. The number of hydrogen-bond acceptors (Lipinski definition) is 8. The number of fused-ring (bicyclic) bond motifs is 1. The molecule has 1 saturated heterocycles. The first-order chi connectivity index (χ1) is 19.9. The number of hydrogen-bond donors (Lipinski definition) is 1. The van der Waals surface area contributed by atoms with Crippen molar-refractivity contribution < 1.29 is 28.7 Å². The summed E-state index contributed by atoms with van der Waals surface area (Å²) in [6.45, 7) is 2.75. The second-order valence-corrected chi connectivity index (χ2v) is 10.5. The molecule has 13 heteroatoms. The topological polar surface area (TPSA) is 137 Å². The molecule has 0 aliphatic carbocycles. The van der Waals surface area contributed by atoms with Gasteiger partial charge in [0.25, 0.3) is 17.4 Å². The van der Waals surface area contributed by atoms with Gasteiger partial charge in [-0.2, -0.15) is 0 Å². The average molecular weight is 609 g/mol. The molecule has 2 heterocycles. The van der Waals surface area contributed by atoms with E-state index in [0.29, 0.717) is 10.6 Å². The maximum atomic E-state index is 14.1. The molecule has 5 rings (SSSR count). The molecule has 4 aromatic rings. The number of benzene rings is 3. The molecular formula is C29H22Cl2N4O7. The van der Waals surface area contributed by atoms with Crippen molar-refractivity contribution in [1.29, 1.82) is 0 Å². The number of ether oxygens (including phenoxy) is 2. The predicted octanol–water partition coefficient (Wildman–Crippen LogP) is 4.92. The summed E-state index contributed by atoms with van der Waals surface area (Å²) in [7, 11) is 1.15. The zero-order valence-corrected chi connectivity index (χ0v) is 23.9. The first-order valence-corrected chi connectivity index (χ1v) is 13.2. The summed E-state index contributed by atoms with van der Waals surface area (Å²) in [4.78, 5) is 72.1. The normalized spacial score (nSPS) is 14.9. The minimum Gasteiger partial charge on any atom is -0.465 e. The van der Waals surface area contributed by atoms with Crippen molar-refractivity contribution in [3.05, 3.63) is 98.5 Å². The van der Waals surface area contributed by atoms with E-state index in [1.807, 2.05) is 0 Å². The second kappa shape index (κ2) is 10.9. The fourth-order valence-corrected chi connectivity index (χ4v) is 5.04. The van der Waals surface area contributed by atoms with E-state index in [4.69, 9.17) is 32.7 Å². The maximum absolute atomic E-state index is 14.1. The summed E-state index contributed by atoms with van der Waals surface area (Å²) in [5.74, 6) is -2.86. The second-order valence-electron chi connectivity index (χ2n) is 9.71. The van der Waals surface area contributed by atoms with E-state index in [1.165, 1.54) is 26.0 Å². The monoisotopic (exact) mass is 608 g/mol. The summed E-state index contributed by atoms with van der Waals surface area (Å²) in [6, 6.07) is 15.4. The van der Waals surface area contributed by atoms with Gasteiger partial charge in [-0.15, -0.1) is 0 Å². The summed E-state index contributed by atoms with van der Waals surface area (Å²) in [5, 5.41) is 2.71. The maximum Gasteiger partial charge on any atom is 0.418 e. The number of anilines is 1. The molecule has 1 aromatic heterocycles. The van der Waals surface area contributed by atoms with Gasteiger partial charge in [0.15, 0.2) is 11.6 Å². The molecule has 1 N–H and O–H groups in total. The number of methoxy groups -OCH3 is 1. The fourth-order valence-electron chi connectivity index (χ4n) is 4.53. The van der Waals surface area contributed by atoms with E-state index in [2.05, 4.69) is 10.3 Å². The van der Waals surface area contributed by atoms with Gasteiger partial charge in [0.1, 0.15) is 5.82 Å². The summed E-state index contributed by atoms with van der Waals surface area (Å²) < 4.78 is 11.2. The van der Waals surface area contributed by atoms with Crippen molar-refractivity contribution in [2.75, 3.05) is 12.4 Å². The molecule has 0 saturated carbocycles. The largest absolute Gasteiger partial charge is 0.465 e. The Morgan fingerprint density at radius 3 is 2.29 bits per heavy atom. The molecule has 0 radical (unpaired) electrons. The Morgan fingerprint density at radius 1 is 0.976 bits per heavy atom. The SMILES string of the molecule is COC(=O)c1cc(NC(=O)C(c2nc3ccccc3c(=O)n2-c2ccccc2)N2C(=O)OC(C)(C)C2=O)c(Cl)cc1Cl. The highest BCUT2D eigenvalue weighted by molar-refractivity contribution is 6.38. The van der Waals surface area contributed by atoms with Crippen LogP contribution in [0.2, 0.25) is 10.0 Å². The van der Waals surface area contributed by atoms with E-state index >= 15 is 0 Å². The van der Waals surface area contributed by atoms with Gasteiger partial charge in [0, 0.05) is 0 Å². The quantitative estimate of drug-likeness (QED) is 0.305. The average Bonchev–Trinajstić information content (AvgIpc) is 3.16. The van der Waals surface area contributed by atoms with E-state index in [1.54, 1.807) is 54.6 Å². The lowest BCUT2D eigenvalue weighted by molar-refractivity contribution is -0.139. The Bertz CT molecular complexity index is 1840. The van der Waals surface area contributed by atoms with E-state index in [0.717, 1.165) is 11.7 Å². The molecule has 214 valence electrons. The smallest absolute Gasteiger partial charge is 0.418 e. The third-order valence-electron chi connectivity index (χ3n) is 6.56. The molecule has 3 aromatic carbocycles. The number of halogens is 2. The molecule has 3 amide bonds. The Labute approximate surface area is 248 Å². The number of carbonyl (C=O) groups is 4. The van der Waals surface area contributed by atoms with Gasteiger partial charge in [-0.3, -0.25) is 19.0 Å². The molecule has 0 spiro atoms.